The maximum absolute atomic E-state index is 12.5. The Kier molecular flexibility index (Phi) is 2.22. The van der Waals surface area contributed by atoms with E-state index in [1.807, 2.05) is 6.92 Å². The molecule has 6 atom stereocenters. The predicted octanol–water partition coefficient (Wildman–Crippen LogP) is 2.54. The lowest BCUT2D eigenvalue weighted by Gasteiger charge is -2.58. The third kappa shape index (κ3) is 1.36. The van der Waals surface area contributed by atoms with Crippen LogP contribution in [-0.2, 0) is 24.0 Å². The highest BCUT2D eigenvalue weighted by atomic mass is 17.3. The lowest BCUT2D eigenvalue weighted by Crippen LogP contribution is -2.70. The van der Waals surface area contributed by atoms with Gasteiger partial charge in [-0.2, -0.15) is 0 Å². The maximum atomic E-state index is 12.5. The Morgan fingerprint density at radius 3 is 2.67 bits per heavy atom. The number of rotatable bonds is 0. The summed E-state index contributed by atoms with van der Waals surface area (Å²) >= 11 is 0. The number of ether oxygens (including phenoxy) is 2. The molecule has 4 aliphatic heterocycles. The number of carbonyl (C=O) groups excluding carboxylic acids is 1. The number of esters is 1. The standard InChI is InChI=1S/C16H22O5/c1-9-3-4-11-15(7-8-15)12(17)18-13-16(11)10(9)5-6-14(2,19-13)20-21-16/h9-11,13H,3-8H2,1-2H3/t9-,10?,11?,13-,14-,16-/m1/s1. The van der Waals surface area contributed by atoms with E-state index in [4.69, 9.17) is 19.2 Å². The summed E-state index contributed by atoms with van der Waals surface area (Å²) in [5.74, 6) is 0.211. The molecule has 0 aromatic rings. The van der Waals surface area contributed by atoms with Crippen molar-refractivity contribution in [3.05, 3.63) is 0 Å². The van der Waals surface area contributed by atoms with Gasteiger partial charge < -0.3 is 9.47 Å². The highest BCUT2D eigenvalue weighted by molar-refractivity contribution is 5.82. The Morgan fingerprint density at radius 1 is 1.10 bits per heavy atom. The molecule has 6 rings (SSSR count). The molecular weight excluding hydrogens is 272 g/mol. The lowest BCUT2D eigenvalue weighted by atomic mass is 9.57. The van der Waals surface area contributed by atoms with E-state index < -0.39 is 17.7 Å². The van der Waals surface area contributed by atoms with Gasteiger partial charge in [-0.3, -0.25) is 4.79 Å². The summed E-state index contributed by atoms with van der Waals surface area (Å²) in [6.45, 7) is 4.17. The van der Waals surface area contributed by atoms with E-state index in [0.29, 0.717) is 11.8 Å². The topological polar surface area (TPSA) is 54.0 Å². The lowest BCUT2D eigenvalue weighted by molar-refractivity contribution is -0.560. The van der Waals surface area contributed by atoms with Gasteiger partial charge in [0.1, 0.15) is 0 Å². The van der Waals surface area contributed by atoms with Gasteiger partial charge in [0, 0.05) is 18.3 Å². The third-order valence-electron chi connectivity index (χ3n) is 6.79. The first kappa shape index (κ1) is 12.9. The van der Waals surface area contributed by atoms with Crippen molar-refractivity contribution in [3.63, 3.8) is 0 Å². The normalized spacial score (nSPS) is 56.6. The zero-order valence-corrected chi connectivity index (χ0v) is 12.6. The summed E-state index contributed by atoms with van der Waals surface area (Å²) < 4.78 is 11.8. The molecule has 0 aromatic carbocycles. The Morgan fingerprint density at radius 2 is 1.90 bits per heavy atom. The molecule has 2 spiro atoms. The molecule has 0 radical (unpaired) electrons. The van der Waals surface area contributed by atoms with Crippen LogP contribution < -0.4 is 0 Å². The molecule has 21 heavy (non-hydrogen) atoms. The van der Waals surface area contributed by atoms with Crippen molar-refractivity contribution < 1.29 is 24.0 Å². The number of hydrogen-bond donors (Lipinski definition) is 0. The molecule has 0 N–H and O–H groups in total. The van der Waals surface area contributed by atoms with Crippen LogP contribution in [0.25, 0.3) is 0 Å². The minimum absolute atomic E-state index is 0.0730. The van der Waals surface area contributed by atoms with E-state index >= 15 is 0 Å². The van der Waals surface area contributed by atoms with Crippen molar-refractivity contribution >= 4 is 5.97 Å². The minimum atomic E-state index is -0.786. The van der Waals surface area contributed by atoms with Crippen LogP contribution in [0.3, 0.4) is 0 Å². The van der Waals surface area contributed by atoms with Gasteiger partial charge in [0.05, 0.1) is 5.41 Å². The first-order chi connectivity index (χ1) is 10.0. The van der Waals surface area contributed by atoms with Gasteiger partial charge in [-0.1, -0.05) is 6.92 Å². The van der Waals surface area contributed by atoms with E-state index in [2.05, 4.69) is 6.92 Å². The Bertz CT molecular complexity index is 515. The molecular formula is C16H22O5. The molecule has 4 heterocycles. The fourth-order valence-electron chi connectivity index (χ4n) is 5.45. The zero-order valence-electron chi connectivity index (χ0n) is 12.6. The zero-order chi connectivity index (χ0) is 14.5. The average molecular weight is 294 g/mol. The summed E-state index contributed by atoms with van der Waals surface area (Å²) in [4.78, 5) is 24.2. The van der Waals surface area contributed by atoms with Crippen LogP contribution >= 0.6 is 0 Å². The van der Waals surface area contributed by atoms with Crippen LogP contribution in [0.5, 0.6) is 0 Å². The largest absolute Gasteiger partial charge is 0.432 e. The SMILES string of the molecule is C[C@@H]1CCC2C3(CC3)C(=O)O[C@@H]3O[C@@]4(C)CCC1[C@@]23OO4. The molecule has 0 aromatic heterocycles. The van der Waals surface area contributed by atoms with Gasteiger partial charge in [0.15, 0.2) is 5.60 Å². The van der Waals surface area contributed by atoms with E-state index in [0.717, 1.165) is 38.5 Å². The second-order valence-corrected chi connectivity index (χ2v) is 7.92. The summed E-state index contributed by atoms with van der Waals surface area (Å²) in [5.41, 5.74) is -0.905. The molecule has 6 aliphatic rings. The monoisotopic (exact) mass is 294 g/mol. The summed E-state index contributed by atoms with van der Waals surface area (Å²) in [7, 11) is 0. The van der Waals surface area contributed by atoms with Gasteiger partial charge in [-0.05, 0) is 44.9 Å². The Labute approximate surface area is 124 Å². The molecule has 116 valence electrons. The number of hydrogen-bond acceptors (Lipinski definition) is 5. The first-order valence-corrected chi connectivity index (χ1v) is 8.26. The van der Waals surface area contributed by atoms with Crippen LogP contribution in [0.1, 0.15) is 52.4 Å². The van der Waals surface area contributed by atoms with Crippen molar-refractivity contribution in [3.8, 4) is 0 Å². The van der Waals surface area contributed by atoms with E-state index in [1.54, 1.807) is 0 Å². The highest BCUT2D eigenvalue weighted by Crippen LogP contribution is 2.69. The first-order valence-electron chi connectivity index (χ1n) is 8.26. The quantitative estimate of drug-likeness (QED) is 0.507. The minimum Gasteiger partial charge on any atom is -0.432 e. The van der Waals surface area contributed by atoms with Crippen molar-refractivity contribution in [2.24, 2.45) is 23.2 Å². The van der Waals surface area contributed by atoms with E-state index in [9.17, 15) is 4.79 Å². The summed E-state index contributed by atoms with van der Waals surface area (Å²) in [6.07, 6.45) is 5.20. The van der Waals surface area contributed by atoms with Gasteiger partial charge in [0.2, 0.25) is 12.1 Å². The second-order valence-electron chi connectivity index (χ2n) is 7.92. The van der Waals surface area contributed by atoms with E-state index in [1.165, 1.54) is 0 Å². The van der Waals surface area contributed by atoms with E-state index in [-0.39, 0.29) is 17.3 Å². The summed E-state index contributed by atoms with van der Waals surface area (Å²) in [5, 5.41) is 0. The molecule has 4 saturated heterocycles. The molecule has 2 bridgehead atoms. The van der Waals surface area contributed by atoms with Crippen LogP contribution in [0.4, 0.5) is 0 Å². The van der Waals surface area contributed by atoms with Crippen LogP contribution in [0.15, 0.2) is 0 Å². The fraction of sp³-hybridized carbons (Fsp3) is 0.938. The van der Waals surface area contributed by atoms with Crippen LogP contribution in [0.2, 0.25) is 0 Å². The Balaban J connectivity index is 1.68. The highest BCUT2D eigenvalue weighted by Gasteiger charge is 2.77. The molecule has 2 saturated carbocycles. The van der Waals surface area contributed by atoms with Gasteiger partial charge >= 0.3 is 5.97 Å². The van der Waals surface area contributed by atoms with Gasteiger partial charge in [-0.15, -0.1) is 0 Å². The maximum Gasteiger partial charge on any atom is 0.314 e. The van der Waals surface area contributed by atoms with Crippen molar-refractivity contribution in [2.45, 2.75) is 70.1 Å². The van der Waals surface area contributed by atoms with Crippen molar-refractivity contribution in [1.29, 1.82) is 0 Å². The van der Waals surface area contributed by atoms with Crippen molar-refractivity contribution in [2.75, 3.05) is 0 Å². The van der Waals surface area contributed by atoms with Crippen LogP contribution in [-0.4, -0.2) is 23.6 Å². The summed E-state index contributed by atoms with van der Waals surface area (Å²) in [6, 6.07) is 0. The Hall–Kier alpha value is -0.650. The molecule has 5 nitrogen and oxygen atoms in total. The number of fused-ring (bicyclic) bond motifs is 3. The van der Waals surface area contributed by atoms with Gasteiger partial charge in [-0.25, -0.2) is 9.78 Å². The van der Waals surface area contributed by atoms with Crippen molar-refractivity contribution in [1.82, 2.24) is 0 Å². The molecule has 5 heteroatoms. The fourth-order valence-corrected chi connectivity index (χ4v) is 5.45. The smallest absolute Gasteiger partial charge is 0.314 e. The van der Waals surface area contributed by atoms with Gasteiger partial charge in [0.25, 0.3) is 0 Å². The number of carbonyl (C=O) groups is 1. The average Bonchev–Trinajstić information content (AvgIpc) is 3.24. The molecule has 0 amide bonds. The van der Waals surface area contributed by atoms with Crippen LogP contribution in [0, 0.1) is 23.2 Å². The second kappa shape index (κ2) is 3.63. The molecule has 2 aliphatic carbocycles. The molecule has 6 fully saturated rings. The molecule has 2 unspecified atom stereocenters. The predicted molar refractivity (Wildman–Crippen MR) is 70.6 cm³/mol. The third-order valence-corrected chi connectivity index (χ3v) is 6.79.